The molecule has 0 aliphatic heterocycles. The molecule has 1 aliphatic carbocycles. The molecular formula is C18H28N4O4. The Morgan fingerprint density at radius 3 is 2.69 bits per heavy atom. The molecule has 1 aromatic rings. The third-order valence-electron chi connectivity index (χ3n) is 4.15. The van der Waals surface area contributed by atoms with Crippen molar-refractivity contribution in [3.05, 3.63) is 27.7 Å². The van der Waals surface area contributed by atoms with Crippen LogP contribution in [0, 0.1) is 5.92 Å². The molecular weight excluding hydrogens is 336 g/mol. The summed E-state index contributed by atoms with van der Waals surface area (Å²) in [7, 11) is 1.63. The second-order valence-corrected chi connectivity index (χ2v) is 7.59. The third kappa shape index (κ3) is 5.86. The summed E-state index contributed by atoms with van der Waals surface area (Å²) in [4.78, 5) is 35.5. The maximum atomic E-state index is 12.3. The summed E-state index contributed by atoms with van der Waals surface area (Å²) in [6.45, 7) is 6.33. The van der Waals surface area contributed by atoms with Crippen LogP contribution in [0.5, 0.6) is 0 Å². The van der Waals surface area contributed by atoms with Crippen LogP contribution in [-0.4, -0.2) is 40.5 Å². The van der Waals surface area contributed by atoms with Crippen molar-refractivity contribution in [1.29, 1.82) is 0 Å². The molecule has 0 radical (unpaired) electrons. The fourth-order valence-electron chi connectivity index (χ4n) is 2.86. The second-order valence-electron chi connectivity index (χ2n) is 7.59. The summed E-state index contributed by atoms with van der Waals surface area (Å²) >= 11 is 0. The first-order valence-corrected chi connectivity index (χ1v) is 8.96. The zero-order valence-corrected chi connectivity index (χ0v) is 15.9. The summed E-state index contributed by atoms with van der Waals surface area (Å²) in [5, 5.41) is 9.81. The van der Waals surface area contributed by atoms with Crippen molar-refractivity contribution >= 4 is 12.0 Å². The molecule has 8 nitrogen and oxygen atoms in total. The number of ether oxygens (including phenoxy) is 1. The van der Waals surface area contributed by atoms with Gasteiger partial charge in [0.25, 0.3) is 5.56 Å². The number of nitrogens with zero attached hydrogens (tertiary/aromatic N) is 2. The number of carbonyl (C=O) groups is 2. The van der Waals surface area contributed by atoms with E-state index in [-0.39, 0.29) is 17.4 Å². The quantitative estimate of drug-likeness (QED) is 0.756. The van der Waals surface area contributed by atoms with E-state index < -0.39 is 11.7 Å². The zero-order chi connectivity index (χ0) is 19.3. The molecule has 144 valence electrons. The summed E-state index contributed by atoms with van der Waals surface area (Å²) < 4.78 is 6.47. The summed E-state index contributed by atoms with van der Waals surface area (Å²) in [5.41, 5.74) is 1.09. The number of carbonyl (C=O) groups excluding carboxylic acids is 2. The number of alkyl carbamates (subject to hydrolysis) is 1. The van der Waals surface area contributed by atoms with Crippen LogP contribution in [0.15, 0.2) is 10.9 Å². The number of nitrogens with one attached hydrogen (secondary N) is 2. The number of aryl methyl sites for hydroxylation is 2. The Bertz CT molecular complexity index is 721. The van der Waals surface area contributed by atoms with Crippen molar-refractivity contribution in [2.75, 3.05) is 13.1 Å². The van der Waals surface area contributed by atoms with Gasteiger partial charge >= 0.3 is 6.09 Å². The predicted molar refractivity (Wildman–Crippen MR) is 96.9 cm³/mol. The average molecular weight is 364 g/mol. The SMILES string of the molecule is Cn1nc2c(cc1=O)CC(C(=O)NCCCNC(=O)OC(C)(C)C)CC2. The zero-order valence-electron chi connectivity index (χ0n) is 15.9. The van der Waals surface area contributed by atoms with Crippen molar-refractivity contribution in [3.63, 3.8) is 0 Å². The molecule has 1 atom stereocenters. The molecule has 1 aromatic heterocycles. The monoisotopic (exact) mass is 364 g/mol. The fraction of sp³-hybridized carbons (Fsp3) is 0.667. The summed E-state index contributed by atoms with van der Waals surface area (Å²) in [6, 6.07) is 1.58. The minimum atomic E-state index is -0.522. The van der Waals surface area contributed by atoms with Gasteiger partial charge in [-0.3, -0.25) is 9.59 Å². The standard InChI is InChI=1S/C18H28N4O4/c1-18(2,3)26-17(25)20-9-5-8-19-16(24)12-6-7-14-13(10-12)11-15(23)22(4)21-14/h11-12H,5-10H2,1-4H3,(H,19,24)(H,20,25). The molecule has 2 N–H and O–H groups in total. The van der Waals surface area contributed by atoms with Gasteiger partial charge < -0.3 is 15.4 Å². The Balaban J connectivity index is 1.71. The first-order valence-electron chi connectivity index (χ1n) is 8.96. The van der Waals surface area contributed by atoms with E-state index in [1.165, 1.54) is 4.68 Å². The van der Waals surface area contributed by atoms with Crippen molar-refractivity contribution in [2.24, 2.45) is 13.0 Å². The van der Waals surface area contributed by atoms with E-state index in [0.717, 1.165) is 17.7 Å². The lowest BCUT2D eigenvalue weighted by atomic mass is 9.86. The highest BCUT2D eigenvalue weighted by molar-refractivity contribution is 5.79. The number of amides is 2. The Morgan fingerprint density at radius 2 is 2.00 bits per heavy atom. The van der Waals surface area contributed by atoms with E-state index in [1.807, 2.05) is 0 Å². The molecule has 0 saturated heterocycles. The maximum Gasteiger partial charge on any atom is 0.407 e. The largest absolute Gasteiger partial charge is 0.444 e. The van der Waals surface area contributed by atoms with Gasteiger partial charge in [0.1, 0.15) is 5.60 Å². The normalized spacial score (nSPS) is 16.5. The fourth-order valence-corrected chi connectivity index (χ4v) is 2.86. The average Bonchev–Trinajstić information content (AvgIpc) is 2.53. The lowest BCUT2D eigenvalue weighted by molar-refractivity contribution is -0.125. The van der Waals surface area contributed by atoms with Crippen LogP contribution in [-0.2, 0) is 29.4 Å². The molecule has 8 heteroatoms. The van der Waals surface area contributed by atoms with Crippen LogP contribution < -0.4 is 16.2 Å². The number of fused-ring (bicyclic) bond motifs is 1. The highest BCUT2D eigenvalue weighted by Crippen LogP contribution is 2.23. The molecule has 1 unspecified atom stereocenters. The number of hydrogen-bond donors (Lipinski definition) is 2. The van der Waals surface area contributed by atoms with Crippen molar-refractivity contribution in [2.45, 2.75) is 52.1 Å². The van der Waals surface area contributed by atoms with Crippen molar-refractivity contribution in [1.82, 2.24) is 20.4 Å². The molecule has 0 fully saturated rings. The first kappa shape index (κ1) is 19.9. The van der Waals surface area contributed by atoms with Crippen LogP contribution >= 0.6 is 0 Å². The van der Waals surface area contributed by atoms with Crippen LogP contribution in [0.3, 0.4) is 0 Å². The molecule has 0 saturated carbocycles. The van der Waals surface area contributed by atoms with Gasteiger partial charge in [-0.1, -0.05) is 0 Å². The molecule has 26 heavy (non-hydrogen) atoms. The topological polar surface area (TPSA) is 102 Å². The van der Waals surface area contributed by atoms with E-state index in [2.05, 4.69) is 15.7 Å². The number of hydrogen-bond acceptors (Lipinski definition) is 5. The van der Waals surface area contributed by atoms with Crippen LogP contribution in [0.2, 0.25) is 0 Å². The molecule has 1 aliphatic rings. The smallest absolute Gasteiger partial charge is 0.407 e. The Hall–Kier alpha value is -2.38. The Labute approximate surface area is 153 Å². The van der Waals surface area contributed by atoms with E-state index in [0.29, 0.717) is 32.4 Å². The van der Waals surface area contributed by atoms with Gasteiger partial charge in [0, 0.05) is 32.1 Å². The van der Waals surface area contributed by atoms with Gasteiger partial charge in [-0.25, -0.2) is 9.48 Å². The highest BCUT2D eigenvalue weighted by atomic mass is 16.6. The second kappa shape index (κ2) is 8.33. The van der Waals surface area contributed by atoms with Gasteiger partial charge in [0.2, 0.25) is 5.91 Å². The predicted octanol–water partition coefficient (Wildman–Crippen LogP) is 0.916. The summed E-state index contributed by atoms with van der Waals surface area (Å²) in [6.07, 6.45) is 2.13. The van der Waals surface area contributed by atoms with Gasteiger partial charge in [-0.15, -0.1) is 0 Å². The lowest BCUT2D eigenvalue weighted by Crippen LogP contribution is -2.37. The Kier molecular flexibility index (Phi) is 6.39. The molecule has 0 aromatic carbocycles. The van der Waals surface area contributed by atoms with Crippen molar-refractivity contribution in [3.8, 4) is 0 Å². The van der Waals surface area contributed by atoms with E-state index >= 15 is 0 Å². The lowest BCUT2D eigenvalue weighted by Gasteiger charge is -2.23. The summed E-state index contributed by atoms with van der Waals surface area (Å²) in [5.74, 6) is -0.163. The minimum Gasteiger partial charge on any atom is -0.444 e. The minimum absolute atomic E-state index is 0.0198. The van der Waals surface area contributed by atoms with Gasteiger partial charge in [0.05, 0.1) is 5.69 Å². The molecule has 1 heterocycles. The van der Waals surface area contributed by atoms with Crippen LogP contribution in [0.4, 0.5) is 4.79 Å². The van der Waals surface area contributed by atoms with Gasteiger partial charge in [0.15, 0.2) is 0 Å². The van der Waals surface area contributed by atoms with Gasteiger partial charge in [-0.05, 0) is 52.0 Å². The highest BCUT2D eigenvalue weighted by Gasteiger charge is 2.26. The van der Waals surface area contributed by atoms with Crippen LogP contribution in [0.25, 0.3) is 0 Å². The molecule has 2 amide bonds. The van der Waals surface area contributed by atoms with Crippen molar-refractivity contribution < 1.29 is 14.3 Å². The Morgan fingerprint density at radius 1 is 1.31 bits per heavy atom. The van der Waals surface area contributed by atoms with E-state index in [9.17, 15) is 14.4 Å². The number of rotatable bonds is 5. The molecule has 0 spiro atoms. The third-order valence-corrected chi connectivity index (χ3v) is 4.15. The van der Waals surface area contributed by atoms with Gasteiger partial charge in [-0.2, -0.15) is 5.10 Å². The van der Waals surface area contributed by atoms with E-state index in [1.54, 1.807) is 33.9 Å². The van der Waals surface area contributed by atoms with Crippen LogP contribution in [0.1, 0.15) is 44.9 Å². The molecule has 2 rings (SSSR count). The van der Waals surface area contributed by atoms with E-state index in [4.69, 9.17) is 4.74 Å². The molecule has 0 bridgehead atoms. The maximum absolute atomic E-state index is 12.3. The number of aromatic nitrogens is 2. The first-order chi connectivity index (χ1) is 12.2.